The number of hydrogen-bond acceptors (Lipinski definition) is 5. The van der Waals surface area contributed by atoms with Gasteiger partial charge >= 0.3 is 5.97 Å². The number of fused-ring (bicyclic) bond motifs is 1. The first-order valence-electron chi connectivity index (χ1n) is 10.2. The van der Waals surface area contributed by atoms with E-state index in [4.69, 9.17) is 9.15 Å². The number of hydrogen-bond donors (Lipinski definition) is 1. The second kappa shape index (κ2) is 9.34. The molecule has 0 aliphatic rings. The first-order chi connectivity index (χ1) is 14.4. The summed E-state index contributed by atoms with van der Waals surface area (Å²) >= 11 is 0. The molecule has 0 aliphatic carbocycles. The summed E-state index contributed by atoms with van der Waals surface area (Å²) in [7, 11) is -3.75. The lowest BCUT2D eigenvalue weighted by molar-refractivity contribution is 0.0498. The number of carbonyl (C=O) groups is 1. The van der Waals surface area contributed by atoms with Crippen LogP contribution in [-0.2, 0) is 21.2 Å². The zero-order chi connectivity index (χ0) is 21.7. The molecule has 0 amide bonds. The number of unbranched alkanes of at least 4 members (excludes halogenated alkanes) is 2. The van der Waals surface area contributed by atoms with Gasteiger partial charge in [0.05, 0.1) is 11.5 Å². The van der Waals surface area contributed by atoms with Crippen LogP contribution in [0.5, 0.6) is 0 Å². The molecule has 6 nitrogen and oxygen atoms in total. The Bertz CT molecular complexity index is 1130. The molecule has 3 rings (SSSR count). The van der Waals surface area contributed by atoms with Gasteiger partial charge in [-0.1, -0.05) is 38.8 Å². The van der Waals surface area contributed by atoms with E-state index in [1.165, 1.54) is 0 Å². The molecule has 0 aliphatic heterocycles. The van der Waals surface area contributed by atoms with Crippen LogP contribution in [0.3, 0.4) is 0 Å². The van der Waals surface area contributed by atoms with Crippen LogP contribution in [0.4, 0.5) is 5.69 Å². The number of rotatable bonds is 9. The van der Waals surface area contributed by atoms with Crippen LogP contribution in [0.25, 0.3) is 11.0 Å². The molecule has 0 saturated heterocycles. The molecule has 1 heterocycles. The smallest absolute Gasteiger partial charge is 0.342 e. The quantitative estimate of drug-likeness (QED) is 0.361. The van der Waals surface area contributed by atoms with Gasteiger partial charge in [-0.15, -0.1) is 0 Å². The molecule has 160 valence electrons. The van der Waals surface area contributed by atoms with Crippen molar-refractivity contribution in [1.29, 1.82) is 0 Å². The number of aryl methyl sites for hydroxylation is 2. The van der Waals surface area contributed by atoms with Crippen LogP contribution in [-0.4, -0.2) is 21.0 Å². The van der Waals surface area contributed by atoms with Crippen LogP contribution in [0.15, 0.2) is 51.8 Å². The van der Waals surface area contributed by atoms with E-state index in [1.54, 1.807) is 49.4 Å². The summed E-state index contributed by atoms with van der Waals surface area (Å²) in [5.41, 5.74) is 2.24. The number of sulfonamides is 1. The Labute approximate surface area is 177 Å². The topological polar surface area (TPSA) is 85.6 Å². The highest BCUT2D eigenvalue weighted by Crippen LogP contribution is 2.30. The van der Waals surface area contributed by atoms with Crippen molar-refractivity contribution in [2.75, 3.05) is 11.3 Å². The fourth-order valence-corrected chi connectivity index (χ4v) is 4.29. The molecule has 2 aromatic carbocycles. The zero-order valence-electron chi connectivity index (χ0n) is 17.5. The summed E-state index contributed by atoms with van der Waals surface area (Å²) < 4.78 is 39.1. The van der Waals surface area contributed by atoms with Gasteiger partial charge in [0.15, 0.2) is 0 Å². The number of anilines is 1. The van der Waals surface area contributed by atoms with Crippen molar-refractivity contribution >= 4 is 32.6 Å². The summed E-state index contributed by atoms with van der Waals surface area (Å²) in [6.07, 6.45) is 3.67. The minimum Gasteiger partial charge on any atom is -0.462 e. The minimum absolute atomic E-state index is 0.179. The van der Waals surface area contributed by atoms with Crippen LogP contribution in [0, 0.1) is 6.92 Å². The monoisotopic (exact) mass is 429 g/mol. The van der Waals surface area contributed by atoms with Crippen molar-refractivity contribution in [3.63, 3.8) is 0 Å². The molecule has 0 radical (unpaired) electrons. The van der Waals surface area contributed by atoms with Crippen molar-refractivity contribution in [1.82, 2.24) is 0 Å². The average Bonchev–Trinajstić information content (AvgIpc) is 3.06. The van der Waals surface area contributed by atoms with Gasteiger partial charge in [0.25, 0.3) is 10.0 Å². The highest BCUT2D eigenvalue weighted by atomic mass is 32.2. The van der Waals surface area contributed by atoms with Crippen molar-refractivity contribution < 1.29 is 22.4 Å². The molecule has 3 aromatic rings. The summed E-state index contributed by atoms with van der Waals surface area (Å²) in [6.45, 7) is 6.13. The van der Waals surface area contributed by atoms with Crippen LogP contribution < -0.4 is 4.72 Å². The molecule has 7 heteroatoms. The van der Waals surface area contributed by atoms with Gasteiger partial charge in [0.1, 0.15) is 16.9 Å². The molecule has 0 bridgehead atoms. The van der Waals surface area contributed by atoms with Gasteiger partial charge in [0.2, 0.25) is 0 Å². The van der Waals surface area contributed by atoms with E-state index in [9.17, 15) is 13.2 Å². The number of furan rings is 1. The number of ether oxygens (including phenoxy) is 1. The second-order valence-electron chi connectivity index (χ2n) is 7.19. The van der Waals surface area contributed by atoms with Crippen LogP contribution in [0.1, 0.15) is 54.8 Å². The van der Waals surface area contributed by atoms with Crippen LogP contribution in [0.2, 0.25) is 0 Å². The summed E-state index contributed by atoms with van der Waals surface area (Å²) in [6, 6.07) is 11.6. The summed E-state index contributed by atoms with van der Waals surface area (Å²) in [5.74, 6) is -0.0156. The Kier molecular flexibility index (Phi) is 6.82. The molecule has 0 atom stereocenters. The molecule has 0 saturated carbocycles. The van der Waals surface area contributed by atoms with Crippen molar-refractivity contribution in [2.24, 2.45) is 0 Å². The maximum Gasteiger partial charge on any atom is 0.342 e. The Morgan fingerprint density at radius 3 is 2.47 bits per heavy atom. The van der Waals surface area contributed by atoms with E-state index < -0.39 is 16.0 Å². The van der Waals surface area contributed by atoms with Crippen LogP contribution >= 0.6 is 0 Å². The van der Waals surface area contributed by atoms with Gasteiger partial charge in [-0.05, 0) is 55.7 Å². The largest absolute Gasteiger partial charge is 0.462 e. The van der Waals surface area contributed by atoms with Crippen molar-refractivity contribution in [3.8, 4) is 0 Å². The lowest BCUT2D eigenvalue weighted by Gasteiger charge is -2.09. The van der Waals surface area contributed by atoms with E-state index in [1.807, 2.05) is 6.92 Å². The zero-order valence-corrected chi connectivity index (χ0v) is 18.3. The molecular weight excluding hydrogens is 402 g/mol. The lowest BCUT2D eigenvalue weighted by Crippen LogP contribution is -2.13. The Morgan fingerprint density at radius 1 is 1.07 bits per heavy atom. The Morgan fingerprint density at radius 2 is 1.80 bits per heavy atom. The number of benzene rings is 2. The first-order valence-corrected chi connectivity index (χ1v) is 11.7. The molecule has 30 heavy (non-hydrogen) atoms. The highest BCUT2D eigenvalue weighted by molar-refractivity contribution is 7.92. The van der Waals surface area contributed by atoms with E-state index in [2.05, 4.69) is 11.6 Å². The molecular formula is C23H27NO5S. The molecule has 0 unspecified atom stereocenters. The maximum atomic E-state index is 12.7. The van der Waals surface area contributed by atoms with Gasteiger partial charge in [-0.2, -0.15) is 0 Å². The van der Waals surface area contributed by atoms with E-state index in [0.29, 0.717) is 34.6 Å². The average molecular weight is 430 g/mol. The maximum absolute atomic E-state index is 12.7. The van der Waals surface area contributed by atoms with Gasteiger partial charge in [-0.3, -0.25) is 4.72 Å². The van der Waals surface area contributed by atoms with E-state index in [0.717, 1.165) is 31.2 Å². The van der Waals surface area contributed by atoms with Gasteiger partial charge < -0.3 is 9.15 Å². The standard InChI is InChI=1S/C23H27NO5S/c1-4-6-7-14-28-23(25)22-16(3)29-21-13-10-18(15-20(21)22)24-30(26,27)19-11-8-17(5-2)9-12-19/h8-13,15,24H,4-7,14H2,1-3H3. The third-order valence-corrected chi connectivity index (χ3v) is 6.34. The SMILES string of the molecule is CCCCCOC(=O)c1c(C)oc2ccc(NS(=O)(=O)c3ccc(CC)cc3)cc12. The summed E-state index contributed by atoms with van der Waals surface area (Å²) in [5, 5.41) is 0.523. The second-order valence-corrected chi connectivity index (χ2v) is 8.87. The third kappa shape index (κ3) is 4.84. The predicted molar refractivity (Wildman–Crippen MR) is 117 cm³/mol. The van der Waals surface area contributed by atoms with Gasteiger partial charge in [-0.25, -0.2) is 13.2 Å². The van der Waals surface area contributed by atoms with E-state index >= 15 is 0 Å². The minimum atomic E-state index is -3.75. The summed E-state index contributed by atoms with van der Waals surface area (Å²) in [4.78, 5) is 12.7. The van der Waals surface area contributed by atoms with Gasteiger partial charge in [0, 0.05) is 11.1 Å². The molecule has 0 spiro atoms. The lowest BCUT2D eigenvalue weighted by atomic mass is 10.1. The Balaban J connectivity index is 1.86. The number of esters is 1. The normalized spacial score (nSPS) is 11.6. The third-order valence-electron chi connectivity index (χ3n) is 4.94. The highest BCUT2D eigenvalue weighted by Gasteiger charge is 2.21. The number of carbonyl (C=O) groups excluding carboxylic acids is 1. The Hall–Kier alpha value is -2.80. The van der Waals surface area contributed by atoms with Crippen molar-refractivity contribution in [3.05, 3.63) is 59.4 Å². The van der Waals surface area contributed by atoms with E-state index in [-0.39, 0.29) is 4.90 Å². The molecule has 1 N–H and O–H groups in total. The molecule has 1 aromatic heterocycles. The molecule has 0 fully saturated rings. The number of nitrogens with one attached hydrogen (secondary N) is 1. The fraction of sp³-hybridized carbons (Fsp3) is 0.348. The fourth-order valence-electron chi connectivity index (χ4n) is 3.24. The first kappa shape index (κ1) is 21.9. The van der Waals surface area contributed by atoms with Crippen molar-refractivity contribution in [2.45, 2.75) is 51.3 Å². The predicted octanol–water partition coefficient (Wildman–Crippen LogP) is 5.45.